The highest BCUT2D eigenvalue weighted by Crippen LogP contribution is 2.27. The second-order valence-electron chi connectivity index (χ2n) is 4.98. The van der Waals surface area contributed by atoms with Crippen molar-refractivity contribution in [1.29, 1.82) is 0 Å². The van der Waals surface area contributed by atoms with E-state index in [1.807, 2.05) is 31.3 Å². The number of aliphatic hydroxyl groups is 1. The number of benzene rings is 2. The smallest absolute Gasteiger partial charge is 0.126 e. The molecule has 2 aromatic carbocycles. The van der Waals surface area contributed by atoms with Crippen LogP contribution in [0.2, 0.25) is 5.02 Å². The van der Waals surface area contributed by atoms with E-state index in [0.717, 1.165) is 10.9 Å². The summed E-state index contributed by atoms with van der Waals surface area (Å²) < 4.78 is 15.5. The highest BCUT2D eigenvalue weighted by atomic mass is 35.5. The van der Waals surface area contributed by atoms with Crippen molar-refractivity contribution < 1.29 is 9.50 Å². The summed E-state index contributed by atoms with van der Waals surface area (Å²) in [5.74, 6) is -0.376. The third-order valence-corrected chi connectivity index (χ3v) is 3.76. The van der Waals surface area contributed by atoms with Gasteiger partial charge in [0.2, 0.25) is 0 Å². The minimum absolute atomic E-state index is 0.132. The molecule has 0 aliphatic rings. The van der Waals surface area contributed by atoms with Gasteiger partial charge in [-0.2, -0.15) is 5.10 Å². The fraction of sp³-hybridized carbons (Fsp3) is 0.188. The van der Waals surface area contributed by atoms with Crippen LogP contribution in [0.25, 0.3) is 10.9 Å². The summed E-state index contributed by atoms with van der Waals surface area (Å²) in [5.41, 5.74) is 1.86. The lowest BCUT2D eigenvalue weighted by Crippen LogP contribution is -2.05. The monoisotopic (exact) mass is 304 g/mol. The van der Waals surface area contributed by atoms with Gasteiger partial charge in [-0.05, 0) is 29.8 Å². The van der Waals surface area contributed by atoms with Gasteiger partial charge in [0.1, 0.15) is 11.9 Å². The molecule has 0 aliphatic carbocycles. The van der Waals surface area contributed by atoms with E-state index >= 15 is 0 Å². The Morgan fingerprint density at radius 3 is 2.86 bits per heavy atom. The molecule has 1 aromatic heterocycles. The van der Waals surface area contributed by atoms with Crippen LogP contribution in [-0.4, -0.2) is 14.9 Å². The maximum Gasteiger partial charge on any atom is 0.126 e. The van der Waals surface area contributed by atoms with Crippen LogP contribution in [0.4, 0.5) is 4.39 Å². The molecule has 0 aliphatic heterocycles. The zero-order chi connectivity index (χ0) is 15.0. The summed E-state index contributed by atoms with van der Waals surface area (Å²) >= 11 is 5.88. The Labute approximate surface area is 126 Å². The van der Waals surface area contributed by atoms with Crippen molar-refractivity contribution in [1.82, 2.24) is 9.78 Å². The summed E-state index contributed by atoms with van der Waals surface area (Å²) in [6.45, 7) is 0. The third kappa shape index (κ3) is 2.64. The zero-order valence-corrected chi connectivity index (χ0v) is 12.2. The molecule has 0 saturated carbocycles. The van der Waals surface area contributed by atoms with Gasteiger partial charge in [0.25, 0.3) is 0 Å². The number of fused-ring (bicyclic) bond motifs is 1. The summed E-state index contributed by atoms with van der Waals surface area (Å²) in [7, 11) is 1.82. The van der Waals surface area contributed by atoms with Crippen LogP contribution in [-0.2, 0) is 13.5 Å². The molecule has 1 unspecified atom stereocenters. The molecule has 0 spiro atoms. The van der Waals surface area contributed by atoms with Crippen molar-refractivity contribution in [3.8, 4) is 0 Å². The lowest BCUT2D eigenvalue weighted by Gasteiger charge is -2.10. The number of rotatable bonds is 3. The van der Waals surface area contributed by atoms with Crippen LogP contribution in [0.1, 0.15) is 17.4 Å². The van der Waals surface area contributed by atoms with Gasteiger partial charge in [-0.1, -0.05) is 29.8 Å². The minimum Gasteiger partial charge on any atom is -0.386 e. The van der Waals surface area contributed by atoms with Gasteiger partial charge in [0.15, 0.2) is 0 Å². The molecule has 108 valence electrons. The summed E-state index contributed by atoms with van der Waals surface area (Å²) in [4.78, 5) is 0. The van der Waals surface area contributed by atoms with Gasteiger partial charge < -0.3 is 5.11 Å². The highest BCUT2D eigenvalue weighted by molar-refractivity contribution is 6.30. The summed E-state index contributed by atoms with van der Waals surface area (Å²) in [6.07, 6.45) is -0.753. The lowest BCUT2D eigenvalue weighted by molar-refractivity contribution is 0.173. The van der Waals surface area contributed by atoms with E-state index in [0.29, 0.717) is 16.3 Å². The Morgan fingerprint density at radius 2 is 2.05 bits per heavy atom. The van der Waals surface area contributed by atoms with E-state index < -0.39 is 6.10 Å². The zero-order valence-electron chi connectivity index (χ0n) is 11.4. The maximum atomic E-state index is 13.8. The van der Waals surface area contributed by atoms with Crippen molar-refractivity contribution in [3.05, 3.63) is 64.6 Å². The third-order valence-electron chi connectivity index (χ3n) is 3.52. The first-order valence-electron chi connectivity index (χ1n) is 6.60. The van der Waals surface area contributed by atoms with Gasteiger partial charge in [0.05, 0.1) is 11.2 Å². The average Bonchev–Trinajstić information content (AvgIpc) is 2.81. The minimum atomic E-state index is -0.885. The second kappa shape index (κ2) is 5.47. The molecule has 0 saturated heterocycles. The summed E-state index contributed by atoms with van der Waals surface area (Å²) in [5, 5.41) is 16.1. The Hall–Kier alpha value is -1.91. The molecule has 0 bridgehead atoms. The number of para-hydroxylation sites is 1. The number of nitrogens with zero attached hydrogens (tertiary/aromatic N) is 2. The van der Waals surface area contributed by atoms with E-state index in [1.54, 1.807) is 4.68 Å². The molecule has 3 rings (SSSR count). The van der Waals surface area contributed by atoms with Crippen LogP contribution < -0.4 is 0 Å². The quantitative estimate of drug-likeness (QED) is 0.802. The van der Waals surface area contributed by atoms with Gasteiger partial charge in [0, 0.05) is 23.9 Å². The Morgan fingerprint density at radius 1 is 1.29 bits per heavy atom. The van der Waals surface area contributed by atoms with Gasteiger partial charge in [-0.25, -0.2) is 4.39 Å². The molecule has 21 heavy (non-hydrogen) atoms. The molecule has 1 heterocycles. The summed E-state index contributed by atoms with van der Waals surface area (Å²) in [6, 6.07) is 12.0. The van der Waals surface area contributed by atoms with Crippen LogP contribution in [0, 0.1) is 5.82 Å². The van der Waals surface area contributed by atoms with Crippen molar-refractivity contribution in [2.75, 3.05) is 0 Å². The van der Waals surface area contributed by atoms with E-state index in [1.165, 1.54) is 18.2 Å². The van der Waals surface area contributed by atoms with Gasteiger partial charge >= 0.3 is 0 Å². The topological polar surface area (TPSA) is 38.0 Å². The van der Waals surface area contributed by atoms with Crippen LogP contribution >= 0.6 is 11.6 Å². The molecular weight excluding hydrogens is 291 g/mol. The van der Waals surface area contributed by atoms with Gasteiger partial charge in [-0.3, -0.25) is 4.68 Å². The number of aryl methyl sites for hydroxylation is 1. The predicted octanol–water partition coefficient (Wildman–Crippen LogP) is 3.64. The number of halogens is 2. The normalized spacial score (nSPS) is 12.8. The molecule has 3 aromatic rings. The Balaban J connectivity index is 1.97. The largest absolute Gasteiger partial charge is 0.386 e. The number of hydrogen-bond donors (Lipinski definition) is 1. The van der Waals surface area contributed by atoms with Crippen LogP contribution in [0.15, 0.2) is 42.5 Å². The molecule has 0 fully saturated rings. The van der Waals surface area contributed by atoms with E-state index in [9.17, 15) is 9.50 Å². The molecule has 0 amide bonds. The molecule has 1 N–H and O–H groups in total. The fourth-order valence-electron chi connectivity index (χ4n) is 2.49. The number of aromatic nitrogens is 2. The first kappa shape index (κ1) is 14.0. The highest BCUT2D eigenvalue weighted by Gasteiger charge is 2.18. The van der Waals surface area contributed by atoms with Crippen LogP contribution in [0.5, 0.6) is 0 Å². The SMILES string of the molecule is Cn1nc(C(O)Cc2cc(Cl)ccc2F)c2ccccc21. The van der Waals surface area contributed by atoms with Crippen LogP contribution in [0.3, 0.4) is 0 Å². The predicted molar refractivity (Wildman–Crippen MR) is 80.8 cm³/mol. The van der Waals surface area contributed by atoms with Crippen molar-refractivity contribution >= 4 is 22.5 Å². The Bertz CT molecular complexity index is 800. The van der Waals surface area contributed by atoms with Crippen molar-refractivity contribution in [2.24, 2.45) is 7.05 Å². The fourth-order valence-corrected chi connectivity index (χ4v) is 2.69. The molecule has 1 atom stereocenters. The van der Waals surface area contributed by atoms with Gasteiger partial charge in [-0.15, -0.1) is 0 Å². The lowest BCUT2D eigenvalue weighted by atomic mass is 10.0. The second-order valence-corrected chi connectivity index (χ2v) is 5.42. The first-order valence-corrected chi connectivity index (χ1v) is 6.97. The standard InChI is InChI=1S/C16H14ClFN2O/c1-20-14-5-3-2-4-12(14)16(19-20)15(21)9-10-8-11(17)6-7-13(10)18/h2-8,15,21H,9H2,1H3. The molecule has 0 radical (unpaired) electrons. The van der Waals surface area contributed by atoms with E-state index in [-0.39, 0.29) is 12.2 Å². The average molecular weight is 305 g/mol. The van der Waals surface area contributed by atoms with Crippen molar-refractivity contribution in [2.45, 2.75) is 12.5 Å². The number of hydrogen-bond acceptors (Lipinski definition) is 2. The first-order chi connectivity index (χ1) is 10.1. The van der Waals surface area contributed by atoms with Crippen molar-refractivity contribution in [3.63, 3.8) is 0 Å². The molecular formula is C16H14ClFN2O. The molecule has 5 heteroatoms. The maximum absolute atomic E-state index is 13.8. The van der Waals surface area contributed by atoms with E-state index in [2.05, 4.69) is 5.10 Å². The van der Waals surface area contributed by atoms with E-state index in [4.69, 9.17) is 11.6 Å². The molecule has 3 nitrogen and oxygen atoms in total. The number of aliphatic hydroxyl groups excluding tert-OH is 1. The Kier molecular flexibility index (Phi) is 3.66.